The Morgan fingerprint density at radius 1 is 1.50 bits per heavy atom. The quantitative estimate of drug-likeness (QED) is 0.504. The van der Waals surface area contributed by atoms with Crippen LogP contribution in [0.15, 0.2) is 12.3 Å². The summed E-state index contributed by atoms with van der Waals surface area (Å²) in [6.45, 7) is 1.48. The van der Waals surface area contributed by atoms with E-state index in [4.69, 9.17) is 11.6 Å². The Morgan fingerprint density at radius 2 is 2.10 bits per heavy atom. The molecule has 0 aromatic carbocycles. The second-order valence-corrected chi connectivity index (χ2v) is 4.54. The third-order valence-electron chi connectivity index (χ3n) is 2.47. The molecular formula is C11H13ClN4O4. The van der Waals surface area contributed by atoms with Crippen molar-refractivity contribution in [1.29, 1.82) is 0 Å². The highest BCUT2D eigenvalue weighted by Gasteiger charge is 2.27. The van der Waals surface area contributed by atoms with Gasteiger partial charge in [-0.2, -0.15) is 0 Å². The highest BCUT2D eigenvalue weighted by Crippen LogP contribution is 2.25. The molecular weight excluding hydrogens is 288 g/mol. The number of aromatic nitrogens is 1. The molecule has 108 valence electrons. The highest BCUT2D eigenvalue weighted by molar-refractivity contribution is 6.32. The van der Waals surface area contributed by atoms with Crippen LogP contribution < -0.4 is 5.32 Å². The molecule has 0 fully saturated rings. The van der Waals surface area contributed by atoms with Crippen LogP contribution in [-0.4, -0.2) is 46.8 Å². The van der Waals surface area contributed by atoms with Gasteiger partial charge in [0.2, 0.25) is 11.1 Å². The number of rotatable bonds is 4. The summed E-state index contributed by atoms with van der Waals surface area (Å²) < 4.78 is 0. The van der Waals surface area contributed by atoms with Crippen LogP contribution in [0.3, 0.4) is 0 Å². The Kier molecular flexibility index (Phi) is 4.98. The van der Waals surface area contributed by atoms with Gasteiger partial charge in [0, 0.05) is 20.3 Å². The standard InChI is InChI=1S/C11H13ClN4O4/c1-6(11(18)15(2)3)14-10(17)7-4-5-13-9(12)8(7)16(19)20/h4-6H,1-3H3,(H,14,17). The average molecular weight is 301 g/mol. The Balaban J connectivity index is 3.02. The van der Waals surface area contributed by atoms with Crippen molar-refractivity contribution in [1.82, 2.24) is 15.2 Å². The van der Waals surface area contributed by atoms with Gasteiger partial charge in [0.15, 0.2) is 0 Å². The first-order valence-corrected chi connectivity index (χ1v) is 5.94. The molecule has 1 unspecified atom stereocenters. The van der Waals surface area contributed by atoms with Crippen molar-refractivity contribution in [2.24, 2.45) is 0 Å². The van der Waals surface area contributed by atoms with E-state index in [2.05, 4.69) is 10.3 Å². The second kappa shape index (κ2) is 6.29. The minimum atomic E-state index is -0.816. The molecule has 9 heteroatoms. The lowest BCUT2D eigenvalue weighted by Crippen LogP contribution is -2.44. The van der Waals surface area contributed by atoms with Crippen LogP contribution in [0.4, 0.5) is 5.69 Å². The normalized spacial score (nSPS) is 11.6. The molecule has 0 aliphatic rings. The molecule has 2 amide bonds. The number of nitrogens with one attached hydrogen (secondary N) is 1. The number of likely N-dealkylation sites (N-methyl/N-ethyl adjacent to an activating group) is 1. The maximum absolute atomic E-state index is 12.0. The first kappa shape index (κ1) is 15.8. The summed E-state index contributed by atoms with van der Waals surface area (Å²) in [6, 6.07) is 0.357. The summed E-state index contributed by atoms with van der Waals surface area (Å²) >= 11 is 5.61. The van der Waals surface area contributed by atoms with Gasteiger partial charge in [0.05, 0.1) is 4.92 Å². The van der Waals surface area contributed by atoms with E-state index in [9.17, 15) is 19.7 Å². The maximum Gasteiger partial charge on any atom is 0.319 e. The molecule has 0 spiro atoms. The van der Waals surface area contributed by atoms with Crippen LogP contribution >= 0.6 is 11.6 Å². The number of hydrogen-bond donors (Lipinski definition) is 1. The summed E-state index contributed by atoms with van der Waals surface area (Å²) in [7, 11) is 3.08. The second-order valence-electron chi connectivity index (χ2n) is 4.18. The molecule has 1 aromatic rings. The van der Waals surface area contributed by atoms with Gasteiger partial charge in [-0.25, -0.2) is 4.98 Å². The van der Waals surface area contributed by atoms with Crippen LogP contribution in [0.1, 0.15) is 17.3 Å². The summed E-state index contributed by atoms with van der Waals surface area (Å²) in [5.41, 5.74) is -0.829. The predicted octanol–water partition coefficient (Wildman–Crippen LogP) is 0.850. The number of hydrogen-bond acceptors (Lipinski definition) is 5. The van der Waals surface area contributed by atoms with Crippen molar-refractivity contribution in [3.05, 3.63) is 33.1 Å². The van der Waals surface area contributed by atoms with Crippen molar-refractivity contribution >= 4 is 29.1 Å². The molecule has 1 heterocycles. The smallest absolute Gasteiger partial charge is 0.319 e. The number of amides is 2. The van der Waals surface area contributed by atoms with Gasteiger partial charge >= 0.3 is 5.69 Å². The third-order valence-corrected chi connectivity index (χ3v) is 2.74. The van der Waals surface area contributed by atoms with Crippen molar-refractivity contribution in [3.8, 4) is 0 Å². The van der Waals surface area contributed by atoms with E-state index in [-0.39, 0.29) is 16.6 Å². The zero-order valence-electron chi connectivity index (χ0n) is 11.1. The number of nitrogens with zero attached hydrogens (tertiary/aromatic N) is 3. The predicted molar refractivity (Wildman–Crippen MR) is 71.5 cm³/mol. The molecule has 1 N–H and O–H groups in total. The van der Waals surface area contributed by atoms with Crippen LogP contribution in [0, 0.1) is 10.1 Å². The van der Waals surface area contributed by atoms with Gasteiger partial charge in [-0.05, 0) is 13.0 Å². The van der Waals surface area contributed by atoms with E-state index in [1.54, 1.807) is 0 Å². The first-order chi connectivity index (χ1) is 9.25. The number of nitro groups is 1. The Bertz CT molecular complexity index is 561. The van der Waals surface area contributed by atoms with E-state index < -0.39 is 22.6 Å². The molecule has 0 saturated heterocycles. The Morgan fingerprint density at radius 3 is 2.60 bits per heavy atom. The van der Waals surface area contributed by atoms with Gasteiger partial charge in [-0.1, -0.05) is 11.6 Å². The largest absolute Gasteiger partial charge is 0.347 e. The fraction of sp³-hybridized carbons (Fsp3) is 0.364. The van der Waals surface area contributed by atoms with Crippen molar-refractivity contribution in [3.63, 3.8) is 0 Å². The van der Waals surface area contributed by atoms with Gasteiger partial charge in [-0.15, -0.1) is 0 Å². The zero-order chi connectivity index (χ0) is 15.4. The molecule has 1 rings (SSSR count). The zero-order valence-corrected chi connectivity index (χ0v) is 11.8. The molecule has 8 nitrogen and oxygen atoms in total. The van der Waals surface area contributed by atoms with E-state index in [0.717, 1.165) is 0 Å². The van der Waals surface area contributed by atoms with Crippen molar-refractivity contribution in [2.75, 3.05) is 14.1 Å². The minimum Gasteiger partial charge on any atom is -0.347 e. The molecule has 0 aliphatic carbocycles. The van der Waals surface area contributed by atoms with Crippen LogP contribution in [-0.2, 0) is 4.79 Å². The van der Waals surface area contributed by atoms with Crippen molar-refractivity contribution < 1.29 is 14.5 Å². The number of pyridine rings is 1. The average Bonchev–Trinajstić information content (AvgIpc) is 2.36. The molecule has 20 heavy (non-hydrogen) atoms. The molecule has 0 bridgehead atoms. The fourth-order valence-electron chi connectivity index (χ4n) is 1.51. The highest BCUT2D eigenvalue weighted by atomic mass is 35.5. The Labute approximate surface area is 119 Å². The van der Waals surface area contributed by atoms with E-state index in [1.807, 2.05) is 0 Å². The SMILES string of the molecule is CC(NC(=O)c1ccnc(Cl)c1[N+](=O)[O-])C(=O)N(C)C. The van der Waals surface area contributed by atoms with Gasteiger partial charge in [0.1, 0.15) is 11.6 Å². The summed E-state index contributed by atoms with van der Waals surface area (Å²) in [5, 5.41) is 12.9. The van der Waals surface area contributed by atoms with Crippen LogP contribution in [0.25, 0.3) is 0 Å². The lowest BCUT2D eigenvalue weighted by molar-refractivity contribution is -0.385. The maximum atomic E-state index is 12.0. The molecule has 1 atom stereocenters. The Hall–Kier alpha value is -2.22. The van der Waals surface area contributed by atoms with Gasteiger partial charge < -0.3 is 10.2 Å². The lowest BCUT2D eigenvalue weighted by Gasteiger charge is -2.17. The summed E-state index contributed by atoms with van der Waals surface area (Å²) in [6.07, 6.45) is 1.18. The van der Waals surface area contributed by atoms with E-state index in [1.165, 1.54) is 38.2 Å². The minimum absolute atomic E-state index is 0.242. The fourth-order valence-corrected chi connectivity index (χ4v) is 1.74. The molecule has 0 saturated carbocycles. The third kappa shape index (κ3) is 3.41. The number of carbonyl (C=O) groups excluding carboxylic acids is 2. The van der Waals surface area contributed by atoms with Crippen LogP contribution in [0.5, 0.6) is 0 Å². The van der Waals surface area contributed by atoms with Gasteiger partial charge in [0.25, 0.3) is 5.91 Å². The summed E-state index contributed by atoms with van der Waals surface area (Å²) in [4.78, 5) is 38.6. The topological polar surface area (TPSA) is 105 Å². The van der Waals surface area contributed by atoms with Gasteiger partial charge in [-0.3, -0.25) is 19.7 Å². The monoisotopic (exact) mass is 300 g/mol. The van der Waals surface area contributed by atoms with Crippen molar-refractivity contribution in [2.45, 2.75) is 13.0 Å². The molecule has 0 radical (unpaired) electrons. The molecule has 1 aromatic heterocycles. The van der Waals surface area contributed by atoms with E-state index >= 15 is 0 Å². The molecule has 0 aliphatic heterocycles. The number of carbonyl (C=O) groups is 2. The van der Waals surface area contributed by atoms with Crippen LogP contribution in [0.2, 0.25) is 5.15 Å². The first-order valence-electron chi connectivity index (χ1n) is 5.56. The van der Waals surface area contributed by atoms with E-state index in [0.29, 0.717) is 0 Å². The number of halogens is 1. The lowest BCUT2D eigenvalue weighted by atomic mass is 10.2. The summed E-state index contributed by atoms with van der Waals surface area (Å²) in [5.74, 6) is -1.09.